The molecule has 2 rings (SSSR count). The highest BCUT2D eigenvalue weighted by atomic mass is 32.2. The number of rotatable bonds is 8. The Bertz CT molecular complexity index is 1000. The van der Waals surface area contributed by atoms with E-state index in [-0.39, 0.29) is 4.90 Å². The lowest BCUT2D eigenvalue weighted by Gasteiger charge is -2.22. The summed E-state index contributed by atoms with van der Waals surface area (Å²) in [7, 11) is -0.0626. The van der Waals surface area contributed by atoms with Crippen molar-refractivity contribution in [3.05, 3.63) is 59.9 Å². The molecule has 0 unspecified atom stereocenters. The van der Waals surface area contributed by atoms with Gasteiger partial charge in [0, 0.05) is 33.3 Å². The average molecular weight is 420 g/mol. The number of carbonyl (C=O) groups is 1. The molecular weight excluding hydrogens is 393 g/mol. The second-order valence-corrected chi connectivity index (χ2v) is 8.48. The molecule has 0 aliphatic rings. The highest BCUT2D eigenvalue weighted by Crippen LogP contribution is 2.29. The van der Waals surface area contributed by atoms with E-state index in [9.17, 15) is 17.6 Å². The van der Waals surface area contributed by atoms with Crippen molar-refractivity contribution in [1.29, 1.82) is 0 Å². The standard InChI is InChI=1S/C21H26FN3O3S/c1-5-25(6-2)29(27,28)18-11-12-20(24(3)4)19(15-18)23-21(26)13-10-16-8-7-9-17(22)14-16/h7-15H,5-6H2,1-4H3,(H,23,26)/b13-10+. The van der Waals surface area contributed by atoms with E-state index in [1.807, 2.05) is 0 Å². The van der Waals surface area contributed by atoms with Gasteiger partial charge >= 0.3 is 0 Å². The van der Waals surface area contributed by atoms with Gasteiger partial charge in [-0.15, -0.1) is 0 Å². The van der Waals surface area contributed by atoms with E-state index in [4.69, 9.17) is 0 Å². The largest absolute Gasteiger partial charge is 0.376 e. The molecule has 0 heterocycles. The summed E-state index contributed by atoms with van der Waals surface area (Å²) in [6.07, 6.45) is 2.77. The first-order valence-corrected chi connectivity index (χ1v) is 10.7. The lowest BCUT2D eigenvalue weighted by atomic mass is 10.2. The summed E-state index contributed by atoms with van der Waals surface area (Å²) in [6.45, 7) is 4.25. The summed E-state index contributed by atoms with van der Waals surface area (Å²) in [5, 5.41) is 2.72. The Balaban J connectivity index is 2.33. The molecule has 0 bridgehead atoms. The molecule has 1 amide bonds. The van der Waals surface area contributed by atoms with Crippen molar-refractivity contribution in [3.8, 4) is 0 Å². The number of nitrogens with one attached hydrogen (secondary N) is 1. The van der Waals surface area contributed by atoms with Gasteiger partial charge in [-0.2, -0.15) is 4.31 Å². The number of halogens is 1. The number of amides is 1. The maximum Gasteiger partial charge on any atom is 0.248 e. The van der Waals surface area contributed by atoms with E-state index >= 15 is 0 Å². The molecule has 0 radical (unpaired) electrons. The van der Waals surface area contributed by atoms with Gasteiger partial charge in [0.2, 0.25) is 15.9 Å². The van der Waals surface area contributed by atoms with E-state index in [0.717, 1.165) is 0 Å². The van der Waals surface area contributed by atoms with Crippen LogP contribution in [0, 0.1) is 5.82 Å². The van der Waals surface area contributed by atoms with E-state index in [1.54, 1.807) is 51.0 Å². The van der Waals surface area contributed by atoms with E-state index in [1.165, 1.54) is 40.7 Å². The Hall–Kier alpha value is -2.71. The average Bonchev–Trinajstić information content (AvgIpc) is 2.67. The summed E-state index contributed by atoms with van der Waals surface area (Å²) >= 11 is 0. The maximum atomic E-state index is 13.3. The second kappa shape index (κ2) is 9.67. The van der Waals surface area contributed by atoms with Gasteiger partial charge in [0.1, 0.15) is 5.82 Å². The highest BCUT2D eigenvalue weighted by Gasteiger charge is 2.23. The summed E-state index contributed by atoms with van der Waals surface area (Å²) < 4.78 is 40.2. The molecule has 8 heteroatoms. The first-order chi connectivity index (χ1) is 13.7. The van der Waals surface area contributed by atoms with Crippen LogP contribution in [0.15, 0.2) is 53.4 Å². The van der Waals surface area contributed by atoms with Crippen molar-refractivity contribution in [2.75, 3.05) is 37.4 Å². The van der Waals surface area contributed by atoms with Crippen molar-refractivity contribution in [2.24, 2.45) is 0 Å². The Morgan fingerprint density at radius 2 is 1.79 bits per heavy atom. The molecule has 2 aromatic rings. The highest BCUT2D eigenvalue weighted by molar-refractivity contribution is 7.89. The number of anilines is 2. The van der Waals surface area contributed by atoms with E-state index < -0.39 is 21.7 Å². The van der Waals surface area contributed by atoms with Gasteiger partial charge < -0.3 is 10.2 Å². The number of sulfonamides is 1. The third-order valence-corrected chi connectivity index (χ3v) is 6.37. The molecule has 0 aliphatic heterocycles. The van der Waals surface area contributed by atoms with E-state index in [2.05, 4.69) is 5.32 Å². The molecule has 0 saturated carbocycles. The van der Waals surface area contributed by atoms with Crippen LogP contribution in [0.3, 0.4) is 0 Å². The number of benzene rings is 2. The molecule has 0 aliphatic carbocycles. The molecule has 0 saturated heterocycles. The summed E-state index contributed by atoms with van der Waals surface area (Å²) in [6, 6.07) is 10.5. The first-order valence-electron chi connectivity index (χ1n) is 9.25. The predicted octanol–water partition coefficient (Wildman–Crippen LogP) is 3.57. The van der Waals surface area contributed by atoms with Gasteiger partial charge in [0.25, 0.3) is 0 Å². The zero-order chi connectivity index (χ0) is 21.6. The first kappa shape index (κ1) is 22.6. The fourth-order valence-corrected chi connectivity index (χ4v) is 4.32. The van der Waals surface area contributed by atoms with Crippen molar-refractivity contribution < 1.29 is 17.6 Å². The van der Waals surface area contributed by atoms with Gasteiger partial charge in [-0.05, 0) is 42.0 Å². The molecule has 0 aromatic heterocycles. The van der Waals surface area contributed by atoms with Gasteiger partial charge in [0.15, 0.2) is 0 Å². The van der Waals surface area contributed by atoms with Crippen molar-refractivity contribution >= 4 is 33.4 Å². The van der Waals surface area contributed by atoms with Crippen LogP contribution < -0.4 is 10.2 Å². The topological polar surface area (TPSA) is 69.7 Å². The summed E-state index contributed by atoms with van der Waals surface area (Å²) in [5.41, 5.74) is 1.58. The number of nitrogens with zero attached hydrogens (tertiary/aromatic N) is 2. The van der Waals surface area contributed by atoms with Crippen LogP contribution in [-0.4, -0.2) is 45.8 Å². The third kappa shape index (κ3) is 5.65. The summed E-state index contributed by atoms with van der Waals surface area (Å²) in [5.74, 6) is -0.841. The van der Waals surface area contributed by atoms with Gasteiger partial charge in [-0.1, -0.05) is 26.0 Å². The zero-order valence-corrected chi connectivity index (χ0v) is 17.8. The number of hydrogen-bond acceptors (Lipinski definition) is 4. The Labute approximate surface area is 171 Å². The number of hydrogen-bond donors (Lipinski definition) is 1. The Morgan fingerprint density at radius 3 is 2.38 bits per heavy atom. The lowest BCUT2D eigenvalue weighted by molar-refractivity contribution is -0.111. The molecule has 0 fully saturated rings. The van der Waals surface area contributed by atoms with Crippen molar-refractivity contribution in [3.63, 3.8) is 0 Å². The van der Waals surface area contributed by atoms with Crippen LogP contribution in [0.4, 0.5) is 15.8 Å². The van der Waals surface area contributed by atoms with Crippen LogP contribution in [0.25, 0.3) is 6.08 Å². The molecule has 156 valence electrons. The minimum absolute atomic E-state index is 0.108. The molecular formula is C21H26FN3O3S. The van der Waals surface area contributed by atoms with Crippen LogP contribution in [0.5, 0.6) is 0 Å². The van der Waals surface area contributed by atoms with Crippen LogP contribution >= 0.6 is 0 Å². The molecule has 2 aromatic carbocycles. The zero-order valence-electron chi connectivity index (χ0n) is 17.0. The predicted molar refractivity (Wildman–Crippen MR) is 115 cm³/mol. The monoisotopic (exact) mass is 419 g/mol. The fourth-order valence-electron chi connectivity index (χ4n) is 2.83. The Morgan fingerprint density at radius 1 is 1.10 bits per heavy atom. The third-order valence-electron chi connectivity index (χ3n) is 4.33. The molecule has 1 N–H and O–H groups in total. The van der Waals surface area contributed by atoms with E-state index in [0.29, 0.717) is 30.0 Å². The van der Waals surface area contributed by atoms with Crippen LogP contribution in [0.2, 0.25) is 0 Å². The van der Waals surface area contributed by atoms with Gasteiger partial charge in [-0.25, -0.2) is 12.8 Å². The molecule has 0 atom stereocenters. The normalized spacial score (nSPS) is 11.8. The molecule has 6 nitrogen and oxygen atoms in total. The second-order valence-electron chi connectivity index (χ2n) is 6.54. The van der Waals surface area contributed by atoms with Crippen molar-refractivity contribution in [2.45, 2.75) is 18.7 Å². The van der Waals surface area contributed by atoms with Crippen molar-refractivity contribution in [1.82, 2.24) is 4.31 Å². The fraction of sp³-hybridized carbons (Fsp3) is 0.286. The van der Waals surface area contributed by atoms with Gasteiger partial charge in [-0.3, -0.25) is 4.79 Å². The van der Waals surface area contributed by atoms with Gasteiger partial charge in [0.05, 0.1) is 16.3 Å². The Kier molecular flexibility index (Phi) is 7.53. The molecule has 0 spiro atoms. The summed E-state index contributed by atoms with van der Waals surface area (Å²) in [4.78, 5) is 14.3. The number of carbonyl (C=O) groups excluding carboxylic acids is 1. The minimum Gasteiger partial charge on any atom is -0.376 e. The lowest BCUT2D eigenvalue weighted by Crippen LogP contribution is -2.30. The SMILES string of the molecule is CCN(CC)S(=O)(=O)c1ccc(N(C)C)c(NC(=O)/C=C/c2cccc(F)c2)c1. The van der Waals surface area contributed by atoms with Crippen LogP contribution in [0.1, 0.15) is 19.4 Å². The quantitative estimate of drug-likeness (QED) is 0.664. The smallest absolute Gasteiger partial charge is 0.248 e. The van der Waals surface area contributed by atoms with Crippen LogP contribution in [-0.2, 0) is 14.8 Å². The molecule has 29 heavy (non-hydrogen) atoms. The minimum atomic E-state index is -3.66. The maximum absolute atomic E-state index is 13.3.